The molecule has 0 amide bonds. The zero-order valence-electron chi connectivity index (χ0n) is 14.4. The Balaban J connectivity index is 1.31. The second-order valence-corrected chi connectivity index (χ2v) is 8.40. The molecule has 4 saturated carbocycles. The predicted octanol–water partition coefficient (Wildman–Crippen LogP) is 4.51. The summed E-state index contributed by atoms with van der Waals surface area (Å²) in [7, 11) is 0. The summed E-state index contributed by atoms with van der Waals surface area (Å²) in [6.07, 6.45) is 6.21. The normalized spacial score (nSPS) is 43.3. The lowest BCUT2D eigenvalue weighted by atomic mass is 9.53. The Kier molecular flexibility index (Phi) is 3.41. The van der Waals surface area contributed by atoms with E-state index in [2.05, 4.69) is 37.8 Å². The Morgan fingerprint density at radius 2 is 1.62 bits per heavy atom. The van der Waals surface area contributed by atoms with E-state index in [0.717, 1.165) is 23.0 Å². The summed E-state index contributed by atoms with van der Waals surface area (Å²) >= 11 is 0. The van der Waals surface area contributed by atoms with E-state index in [9.17, 15) is 0 Å². The second-order valence-electron chi connectivity index (χ2n) is 8.40. The van der Waals surface area contributed by atoms with Gasteiger partial charge in [-0.05, 0) is 62.0 Å². The first-order valence-corrected chi connectivity index (χ1v) is 9.38. The zero-order valence-corrected chi connectivity index (χ0v) is 14.4. The Hall–Kier alpha value is -1.16. The molecular formula is C21H26O3. The van der Waals surface area contributed by atoms with Crippen molar-refractivity contribution in [2.75, 3.05) is 6.61 Å². The lowest BCUT2D eigenvalue weighted by molar-refractivity contribution is -0.517. The van der Waals surface area contributed by atoms with Crippen molar-refractivity contribution in [3.63, 3.8) is 0 Å². The zero-order chi connectivity index (χ0) is 16.3. The maximum absolute atomic E-state index is 6.41. The molecule has 1 aromatic carbocycles. The number of hydrogen-bond donors (Lipinski definition) is 0. The van der Waals surface area contributed by atoms with Crippen LogP contribution >= 0.6 is 0 Å². The lowest BCUT2D eigenvalue weighted by Gasteiger charge is -2.60. The van der Waals surface area contributed by atoms with Gasteiger partial charge in [-0.25, -0.2) is 4.89 Å². The van der Waals surface area contributed by atoms with E-state index in [1.165, 1.54) is 37.7 Å². The minimum absolute atomic E-state index is 0.212. The van der Waals surface area contributed by atoms with Crippen LogP contribution in [0.4, 0.5) is 0 Å². The molecule has 3 heteroatoms. The highest BCUT2D eigenvalue weighted by Gasteiger charge is 2.61. The van der Waals surface area contributed by atoms with Crippen LogP contribution in [-0.2, 0) is 14.5 Å². The number of benzene rings is 1. The van der Waals surface area contributed by atoms with Gasteiger partial charge in [-0.2, -0.15) is 4.89 Å². The molecule has 128 valence electrons. The number of ether oxygens (including phenoxy) is 1. The SMILES string of the molecule is C=C(c1ccc(C)cc1)C1COC2(OO1)C1CC3CC(C1)CC2C3. The molecule has 0 aromatic heterocycles. The maximum Gasteiger partial charge on any atom is 0.207 e. The summed E-state index contributed by atoms with van der Waals surface area (Å²) in [5.74, 6) is 2.35. The molecule has 1 spiro atoms. The first-order chi connectivity index (χ1) is 11.6. The second kappa shape index (κ2) is 5.42. The molecule has 3 nitrogen and oxygen atoms in total. The van der Waals surface area contributed by atoms with E-state index in [1.54, 1.807) is 0 Å². The van der Waals surface area contributed by atoms with Crippen molar-refractivity contribution in [3.05, 3.63) is 42.0 Å². The van der Waals surface area contributed by atoms with Gasteiger partial charge in [-0.3, -0.25) is 0 Å². The summed E-state index contributed by atoms with van der Waals surface area (Å²) in [6.45, 7) is 6.86. The molecule has 5 aliphatic rings. The fourth-order valence-corrected chi connectivity index (χ4v) is 5.72. The van der Waals surface area contributed by atoms with E-state index in [-0.39, 0.29) is 6.10 Å². The monoisotopic (exact) mass is 326 g/mol. The smallest absolute Gasteiger partial charge is 0.207 e. The van der Waals surface area contributed by atoms with Gasteiger partial charge in [-0.15, -0.1) is 0 Å². The molecule has 24 heavy (non-hydrogen) atoms. The molecule has 0 N–H and O–H groups in total. The number of rotatable bonds is 2. The fraction of sp³-hybridized carbons (Fsp3) is 0.619. The molecule has 1 unspecified atom stereocenters. The highest BCUT2D eigenvalue weighted by atomic mass is 17.2. The molecule has 0 radical (unpaired) electrons. The fourth-order valence-electron chi connectivity index (χ4n) is 5.72. The van der Waals surface area contributed by atoms with Crippen LogP contribution in [0.5, 0.6) is 0 Å². The number of aryl methyl sites for hydroxylation is 1. The third kappa shape index (κ3) is 2.22. The molecule has 4 bridgehead atoms. The van der Waals surface area contributed by atoms with Crippen molar-refractivity contribution in [2.24, 2.45) is 23.7 Å². The van der Waals surface area contributed by atoms with Crippen LogP contribution in [0.25, 0.3) is 5.57 Å². The van der Waals surface area contributed by atoms with Crippen molar-refractivity contribution >= 4 is 5.57 Å². The summed E-state index contributed by atoms with van der Waals surface area (Å²) in [4.78, 5) is 11.9. The van der Waals surface area contributed by atoms with Crippen LogP contribution < -0.4 is 0 Å². The molecule has 6 rings (SSSR count). The molecule has 1 saturated heterocycles. The number of hydrogen-bond acceptors (Lipinski definition) is 3. The van der Waals surface area contributed by atoms with Crippen LogP contribution in [0.15, 0.2) is 30.8 Å². The van der Waals surface area contributed by atoms with Gasteiger partial charge < -0.3 is 4.74 Å². The van der Waals surface area contributed by atoms with Gasteiger partial charge in [0.2, 0.25) is 5.79 Å². The topological polar surface area (TPSA) is 27.7 Å². The first-order valence-electron chi connectivity index (χ1n) is 9.38. The van der Waals surface area contributed by atoms with Crippen molar-refractivity contribution < 1.29 is 14.5 Å². The predicted molar refractivity (Wildman–Crippen MR) is 91.9 cm³/mol. The Bertz CT molecular complexity index is 610. The average molecular weight is 326 g/mol. The standard InChI is InChI=1S/C21H26O3/c1-13-3-5-17(6-4-13)14(2)20-12-22-21(24-23-20)18-8-15-7-16(10-18)11-19(21)9-15/h3-6,15-16,18-20H,2,7-12H2,1H3. The van der Waals surface area contributed by atoms with Gasteiger partial charge in [-0.1, -0.05) is 36.4 Å². The molecule has 1 atom stereocenters. The summed E-state index contributed by atoms with van der Waals surface area (Å²) in [5, 5.41) is 0. The quantitative estimate of drug-likeness (QED) is 0.749. The molecule has 4 aliphatic carbocycles. The molecule has 1 aromatic rings. The average Bonchev–Trinajstić information content (AvgIpc) is 2.60. The van der Waals surface area contributed by atoms with Gasteiger partial charge >= 0.3 is 0 Å². The molecule has 1 heterocycles. The van der Waals surface area contributed by atoms with Gasteiger partial charge in [0.25, 0.3) is 0 Å². The Morgan fingerprint density at radius 3 is 2.17 bits per heavy atom. The summed E-state index contributed by atoms with van der Waals surface area (Å²) in [6, 6.07) is 8.39. The van der Waals surface area contributed by atoms with Crippen LogP contribution in [0.2, 0.25) is 0 Å². The molecule has 1 aliphatic heterocycles. The van der Waals surface area contributed by atoms with Crippen molar-refractivity contribution in [1.29, 1.82) is 0 Å². The van der Waals surface area contributed by atoms with Crippen LogP contribution in [0, 0.1) is 30.6 Å². The van der Waals surface area contributed by atoms with Crippen molar-refractivity contribution in [1.82, 2.24) is 0 Å². The third-order valence-electron chi connectivity index (χ3n) is 6.84. The van der Waals surface area contributed by atoms with Crippen molar-refractivity contribution in [3.8, 4) is 0 Å². The first kappa shape index (κ1) is 15.1. The maximum atomic E-state index is 6.41. The largest absolute Gasteiger partial charge is 0.344 e. The van der Waals surface area contributed by atoms with Gasteiger partial charge in [0, 0.05) is 11.8 Å². The minimum atomic E-state index is -0.475. The van der Waals surface area contributed by atoms with Crippen LogP contribution in [0.1, 0.15) is 43.2 Å². The summed E-state index contributed by atoms with van der Waals surface area (Å²) in [5.41, 5.74) is 3.28. The van der Waals surface area contributed by atoms with Crippen molar-refractivity contribution in [2.45, 2.75) is 50.9 Å². The third-order valence-corrected chi connectivity index (χ3v) is 6.84. The van der Waals surface area contributed by atoms with E-state index in [0.29, 0.717) is 18.4 Å². The van der Waals surface area contributed by atoms with Gasteiger partial charge in [0.1, 0.15) is 6.10 Å². The molecular weight excluding hydrogens is 300 g/mol. The van der Waals surface area contributed by atoms with E-state index in [4.69, 9.17) is 14.5 Å². The van der Waals surface area contributed by atoms with Gasteiger partial charge in [0.15, 0.2) is 0 Å². The lowest BCUT2D eigenvalue weighted by Crippen LogP contribution is -2.63. The van der Waals surface area contributed by atoms with Gasteiger partial charge in [0.05, 0.1) is 6.61 Å². The summed E-state index contributed by atoms with van der Waals surface area (Å²) < 4.78 is 6.41. The molecule has 5 fully saturated rings. The Labute approximate surface area is 143 Å². The van der Waals surface area contributed by atoms with E-state index < -0.39 is 5.79 Å². The van der Waals surface area contributed by atoms with E-state index in [1.807, 2.05) is 0 Å². The minimum Gasteiger partial charge on any atom is -0.344 e. The van der Waals surface area contributed by atoms with Crippen LogP contribution in [-0.4, -0.2) is 18.5 Å². The van der Waals surface area contributed by atoms with Crippen LogP contribution in [0.3, 0.4) is 0 Å². The van der Waals surface area contributed by atoms with E-state index >= 15 is 0 Å². The highest BCUT2D eigenvalue weighted by Crippen LogP contribution is 2.60. The highest BCUT2D eigenvalue weighted by molar-refractivity contribution is 5.67. The Morgan fingerprint density at radius 1 is 1.00 bits per heavy atom.